The Labute approximate surface area is 212 Å². The molecular formula is C28H36N6O2. The Balaban J connectivity index is 1.23. The molecule has 5 rings (SSSR count). The van der Waals surface area contributed by atoms with Gasteiger partial charge >= 0.3 is 0 Å². The summed E-state index contributed by atoms with van der Waals surface area (Å²) in [6.07, 6.45) is 5.91. The lowest BCUT2D eigenvalue weighted by atomic mass is 10.1. The number of nitrogens with two attached hydrogens (primary N) is 1. The molecule has 190 valence electrons. The van der Waals surface area contributed by atoms with Crippen LogP contribution < -0.4 is 20.7 Å². The van der Waals surface area contributed by atoms with E-state index in [0.29, 0.717) is 17.2 Å². The van der Waals surface area contributed by atoms with E-state index in [1.165, 1.54) is 12.8 Å². The van der Waals surface area contributed by atoms with E-state index < -0.39 is 0 Å². The lowest BCUT2D eigenvalue weighted by Crippen LogP contribution is -2.45. The minimum Gasteiger partial charge on any atom is -0.490 e. The van der Waals surface area contributed by atoms with Crippen LogP contribution in [0.2, 0.25) is 0 Å². The van der Waals surface area contributed by atoms with Crippen LogP contribution in [0, 0.1) is 0 Å². The molecule has 2 heterocycles. The fourth-order valence-corrected chi connectivity index (χ4v) is 5.15. The molecule has 2 aromatic carbocycles. The van der Waals surface area contributed by atoms with Crippen molar-refractivity contribution in [1.29, 1.82) is 0 Å². The first-order valence-corrected chi connectivity index (χ1v) is 13.0. The number of hydrogen-bond acceptors (Lipinski definition) is 7. The van der Waals surface area contributed by atoms with Crippen molar-refractivity contribution in [2.45, 2.75) is 51.2 Å². The van der Waals surface area contributed by atoms with Crippen LogP contribution in [-0.4, -0.2) is 66.1 Å². The highest BCUT2D eigenvalue weighted by molar-refractivity contribution is 6.00. The second kappa shape index (κ2) is 10.7. The standard InChI is InChI=1S/C28H36N6O2/c1-19(17-20-7-10-23(11-8-20)36-22-5-3-4-6-22)30-27(35)21-9-12-24-25(18-21)31-28(29)32-26(24)34-15-13-33(2)14-16-34/h7-12,18-19,22H,3-6,13-17H2,1-2H3,(H,30,35)(H2,29,31,32). The molecule has 0 bridgehead atoms. The molecule has 36 heavy (non-hydrogen) atoms. The van der Waals surface area contributed by atoms with Gasteiger partial charge in [-0.15, -0.1) is 0 Å². The number of likely N-dealkylation sites (N-methyl/N-ethyl adjacent to an activating group) is 1. The summed E-state index contributed by atoms with van der Waals surface area (Å²) in [4.78, 5) is 26.5. The van der Waals surface area contributed by atoms with Crippen molar-refractivity contribution >= 4 is 28.6 Å². The highest BCUT2D eigenvalue weighted by atomic mass is 16.5. The van der Waals surface area contributed by atoms with E-state index in [9.17, 15) is 4.79 Å². The van der Waals surface area contributed by atoms with Crippen molar-refractivity contribution in [1.82, 2.24) is 20.2 Å². The lowest BCUT2D eigenvalue weighted by Gasteiger charge is -2.33. The van der Waals surface area contributed by atoms with Crippen molar-refractivity contribution in [3.63, 3.8) is 0 Å². The molecule has 3 aromatic rings. The van der Waals surface area contributed by atoms with Gasteiger partial charge in [-0.3, -0.25) is 4.79 Å². The van der Waals surface area contributed by atoms with Gasteiger partial charge in [0.05, 0.1) is 11.6 Å². The number of ether oxygens (including phenoxy) is 1. The number of hydrogen-bond donors (Lipinski definition) is 2. The Morgan fingerprint density at radius 3 is 2.53 bits per heavy atom. The molecule has 1 aliphatic carbocycles. The molecule has 0 spiro atoms. The normalized spacial score (nSPS) is 17.9. The van der Waals surface area contributed by atoms with E-state index in [-0.39, 0.29) is 17.9 Å². The summed E-state index contributed by atoms with van der Waals surface area (Å²) >= 11 is 0. The number of carbonyl (C=O) groups is 1. The third-order valence-corrected chi connectivity index (χ3v) is 7.21. The van der Waals surface area contributed by atoms with Crippen LogP contribution in [0.5, 0.6) is 5.75 Å². The van der Waals surface area contributed by atoms with Crippen LogP contribution in [0.4, 0.5) is 11.8 Å². The van der Waals surface area contributed by atoms with Crippen LogP contribution in [0.1, 0.15) is 48.5 Å². The second-order valence-electron chi connectivity index (χ2n) is 10.2. The van der Waals surface area contributed by atoms with Crippen molar-refractivity contribution in [2.24, 2.45) is 0 Å². The minimum atomic E-state index is -0.121. The summed E-state index contributed by atoms with van der Waals surface area (Å²) in [5.74, 6) is 1.87. The Kier molecular flexibility index (Phi) is 7.23. The monoisotopic (exact) mass is 488 g/mol. The maximum atomic E-state index is 13.0. The number of amides is 1. The van der Waals surface area contributed by atoms with Gasteiger partial charge in [-0.2, -0.15) is 4.98 Å². The molecule has 1 atom stereocenters. The topological polar surface area (TPSA) is 96.6 Å². The Bertz CT molecular complexity index is 1200. The van der Waals surface area contributed by atoms with Crippen LogP contribution >= 0.6 is 0 Å². The van der Waals surface area contributed by atoms with Crippen molar-refractivity contribution in [2.75, 3.05) is 43.9 Å². The van der Waals surface area contributed by atoms with E-state index in [1.54, 1.807) is 0 Å². The average molecular weight is 489 g/mol. The molecule has 2 fully saturated rings. The van der Waals surface area contributed by atoms with Gasteiger partial charge in [-0.05, 0) is 82.0 Å². The predicted molar refractivity (Wildman–Crippen MR) is 144 cm³/mol. The first kappa shape index (κ1) is 24.3. The fourth-order valence-electron chi connectivity index (χ4n) is 5.15. The molecule has 8 nitrogen and oxygen atoms in total. The largest absolute Gasteiger partial charge is 0.490 e. The summed E-state index contributed by atoms with van der Waals surface area (Å²) in [6, 6.07) is 13.8. The van der Waals surface area contributed by atoms with Gasteiger partial charge in [0.2, 0.25) is 5.95 Å². The highest BCUT2D eigenvalue weighted by Gasteiger charge is 2.20. The smallest absolute Gasteiger partial charge is 0.251 e. The maximum absolute atomic E-state index is 13.0. The van der Waals surface area contributed by atoms with Crippen LogP contribution in [0.15, 0.2) is 42.5 Å². The van der Waals surface area contributed by atoms with Gasteiger partial charge < -0.3 is 25.6 Å². The van der Waals surface area contributed by atoms with Gasteiger partial charge in [0, 0.05) is 43.2 Å². The Morgan fingerprint density at radius 2 is 1.81 bits per heavy atom. The third kappa shape index (κ3) is 5.70. The number of anilines is 2. The molecular weight excluding hydrogens is 452 g/mol. The number of carbonyl (C=O) groups excluding carboxylic acids is 1. The van der Waals surface area contributed by atoms with Crippen LogP contribution in [0.3, 0.4) is 0 Å². The van der Waals surface area contributed by atoms with Crippen molar-refractivity contribution < 1.29 is 9.53 Å². The van der Waals surface area contributed by atoms with E-state index in [4.69, 9.17) is 10.5 Å². The Hall–Kier alpha value is -3.39. The second-order valence-corrected chi connectivity index (χ2v) is 10.2. The van der Waals surface area contributed by atoms with E-state index >= 15 is 0 Å². The van der Waals surface area contributed by atoms with E-state index in [2.05, 4.69) is 44.3 Å². The summed E-state index contributed by atoms with van der Waals surface area (Å²) in [5, 5.41) is 4.03. The first-order chi connectivity index (χ1) is 17.4. The molecule has 2 aliphatic rings. The number of aromatic nitrogens is 2. The number of piperazine rings is 1. The number of benzene rings is 2. The number of nitrogen functional groups attached to an aromatic ring is 1. The molecule has 0 radical (unpaired) electrons. The molecule has 3 N–H and O–H groups in total. The SMILES string of the molecule is CC(Cc1ccc(OC2CCCC2)cc1)NC(=O)c1ccc2c(N3CCN(C)CC3)nc(N)nc2c1. The summed E-state index contributed by atoms with van der Waals surface area (Å²) < 4.78 is 6.06. The summed E-state index contributed by atoms with van der Waals surface area (Å²) in [6.45, 7) is 5.73. The molecule has 1 aromatic heterocycles. The predicted octanol–water partition coefficient (Wildman–Crippen LogP) is 3.65. The zero-order chi connectivity index (χ0) is 25.1. The molecule has 1 aliphatic heterocycles. The zero-order valence-corrected chi connectivity index (χ0v) is 21.2. The van der Waals surface area contributed by atoms with Gasteiger partial charge in [0.15, 0.2) is 0 Å². The molecule has 8 heteroatoms. The van der Waals surface area contributed by atoms with Crippen molar-refractivity contribution in [3.8, 4) is 5.75 Å². The van der Waals surface area contributed by atoms with Gasteiger partial charge in [0.25, 0.3) is 5.91 Å². The van der Waals surface area contributed by atoms with Gasteiger partial charge in [-0.1, -0.05) is 12.1 Å². The van der Waals surface area contributed by atoms with Gasteiger partial charge in [0.1, 0.15) is 11.6 Å². The quantitative estimate of drug-likeness (QED) is 0.524. The highest BCUT2D eigenvalue weighted by Crippen LogP contribution is 2.27. The third-order valence-electron chi connectivity index (χ3n) is 7.21. The van der Waals surface area contributed by atoms with E-state index in [1.807, 2.05) is 37.3 Å². The lowest BCUT2D eigenvalue weighted by molar-refractivity contribution is 0.0940. The summed E-state index contributed by atoms with van der Waals surface area (Å²) in [5.41, 5.74) is 8.46. The first-order valence-electron chi connectivity index (χ1n) is 13.0. The number of rotatable bonds is 7. The summed E-state index contributed by atoms with van der Waals surface area (Å²) in [7, 11) is 2.12. The zero-order valence-electron chi connectivity index (χ0n) is 21.2. The van der Waals surface area contributed by atoms with E-state index in [0.717, 1.165) is 68.0 Å². The molecule has 1 amide bonds. The minimum absolute atomic E-state index is 0.0221. The average Bonchev–Trinajstić information content (AvgIpc) is 3.38. The van der Waals surface area contributed by atoms with Crippen molar-refractivity contribution in [3.05, 3.63) is 53.6 Å². The Morgan fingerprint density at radius 1 is 1.08 bits per heavy atom. The number of nitrogens with zero attached hydrogens (tertiary/aromatic N) is 4. The molecule has 1 saturated heterocycles. The molecule has 1 unspecified atom stereocenters. The number of fused-ring (bicyclic) bond motifs is 1. The fraction of sp³-hybridized carbons (Fsp3) is 0.464. The maximum Gasteiger partial charge on any atom is 0.251 e. The molecule has 1 saturated carbocycles. The van der Waals surface area contributed by atoms with Crippen LogP contribution in [-0.2, 0) is 6.42 Å². The van der Waals surface area contributed by atoms with Gasteiger partial charge in [-0.25, -0.2) is 4.98 Å². The van der Waals surface area contributed by atoms with Crippen LogP contribution in [0.25, 0.3) is 10.9 Å². The number of nitrogens with one attached hydrogen (secondary N) is 1.